The molecule has 0 unspecified atom stereocenters. The van der Waals surface area contributed by atoms with Crippen molar-refractivity contribution in [1.29, 1.82) is 0 Å². The van der Waals surface area contributed by atoms with Gasteiger partial charge in [0.05, 0.1) is 24.8 Å². The van der Waals surface area contributed by atoms with Gasteiger partial charge in [-0.15, -0.1) is 0 Å². The van der Waals surface area contributed by atoms with Crippen LogP contribution in [0.4, 0.5) is 11.4 Å². The maximum absolute atomic E-state index is 6.51. The summed E-state index contributed by atoms with van der Waals surface area (Å²) in [7, 11) is 0. The van der Waals surface area contributed by atoms with E-state index in [1.165, 1.54) is 37.1 Å². The minimum Gasteiger partial charge on any atom is -0.371 e. The summed E-state index contributed by atoms with van der Waals surface area (Å²) in [6.45, 7) is 4.49. The molecule has 154 valence electrons. The molecule has 7 heteroatoms. The van der Waals surface area contributed by atoms with Crippen LogP contribution in [0.5, 0.6) is 0 Å². The largest absolute Gasteiger partial charge is 0.371 e. The number of pyridine rings is 3. The van der Waals surface area contributed by atoms with Crippen molar-refractivity contribution in [2.75, 3.05) is 36.0 Å². The second-order valence-corrected chi connectivity index (χ2v) is 8.73. The van der Waals surface area contributed by atoms with Gasteiger partial charge in [0.2, 0.25) is 0 Å². The Morgan fingerprint density at radius 1 is 0.633 bits per heavy atom. The normalized spacial score (nSPS) is 16.5. The molecule has 2 aliphatic rings. The molecular formula is C23H25Cl2N5+2. The van der Waals surface area contributed by atoms with Gasteiger partial charge in [-0.1, -0.05) is 23.2 Å². The van der Waals surface area contributed by atoms with E-state index in [-0.39, 0.29) is 0 Å². The first-order valence-electron chi connectivity index (χ1n) is 10.6. The molecule has 2 fully saturated rings. The molecule has 30 heavy (non-hydrogen) atoms. The fraction of sp³-hybridized carbons (Fsp3) is 0.348. The van der Waals surface area contributed by atoms with Crippen LogP contribution < -0.4 is 18.9 Å². The van der Waals surface area contributed by atoms with E-state index in [1.807, 2.05) is 33.9 Å². The topological polar surface area (TPSA) is 27.1 Å². The summed E-state index contributed by atoms with van der Waals surface area (Å²) >= 11 is 13.0. The quantitative estimate of drug-likeness (QED) is 0.569. The predicted octanol–water partition coefficient (Wildman–Crippen LogP) is 4.14. The smallest absolute Gasteiger partial charge is 0.351 e. The van der Waals surface area contributed by atoms with Gasteiger partial charge in [-0.05, 0) is 31.7 Å². The van der Waals surface area contributed by atoms with Gasteiger partial charge < -0.3 is 9.80 Å². The lowest BCUT2D eigenvalue weighted by molar-refractivity contribution is -0.611. The molecule has 3 aromatic heterocycles. The Kier molecular flexibility index (Phi) is 5.48. The summed E-state index contributed by atoms with van der Waals surface area (Å²) in [4.78, 5) is 9.62. The number of halogens is 2. The van der Waals surface area contributed by atoms with E-state index < -0.39 is 0 Å². The van der Waals surface area contributed by atoms with Crippen LogP contribution in [0, 0.1) is 0 Å². The minimum absolute atomic E-state index is 0.525. The zero-order valence-electron chi connectivity index (χ0n) is 16.8. The molecule has 0 N–H and O–H groups in total. The van der Waals surface area contributed by atoms with Crippen molar-refractivity contribution in [2.24, 2.45) is 0 Å². The lowest BCUT2D eigenvalue weighted by atomic mass is 10.3. The van der Waals surface area contributed by atoms with Gasteiger partial charge in [0, 0.05) is 66.8 Å². The molecule has 5 heterocycles. The molecule has 5 nitrogen and oxygen atoms in total. The van der Waals surface area contributed by atoms with E-state index in [0.29, 0.717) is 21.7 Å². The van der Waals surface area contributed by atoms with Crippen LogP contribution in [-0.4, -0.2) is 31.2 Å². The second-order valence-electron chi connectivity index (χ2n) is 7.91. The molecule has 0 saturated carbocycles. The number of anilines is 2. The molecule has 0 aromatic carbocycles. The number of aromatic nitrogens is 3. The Morgan fingerprint density at radius 2 is 1.00 bits per heavy atom. The van der Waals surface area contributed by atoms with Crippen molar-refractivity contribution < 1.29 is 9.13 Å². The highest BCUT2D eigenvalue weighted by atomic mass is 35.5. The number of rotatable bonds is 4. The molecular weight excluding hydrogens is 417 g/mol. The third kappa shape index (κ3) is 3.84. The fourth-order valence-electron chi connectivity index (χ4n) is 4.30. The first-order valence-corrected chi connectivity index (χ1v) is 11.3. The molecule has 0 aliphatic carbocycles. The van der Waals surface area contributed by atoms with Crippen molar-refractivity contribution in [1.82, 2.24) is 4.98 Å². The van der Waals surface area contributed by atoms with E-state index in [0.717, 1.165) is 26.2 Å². The first kappa shape index (κ1) is 19.6. The summed E-state index contributed by atoms with van der Waals surface area (Å²) < 4.78 is 3.89. The Labute approximate surface area is 187 Å². The number of nitrogens with zero attached hydrogens (tertiary/aromatic N) is 5. The highest BCUT2D eigenvalue weighted by molar-refractivity contribution is 6.36. The predicted molar refractivity (Wildman–Crippen MR) is 120 cm³/mol. The van der Waals surface area contributed by atoms with Crippen LogP contribution in [-0.2, 0) is 0 Å². The van der Waals surface area contributed by atoms with E-state index in [1.54, 1.807) is 6.07 Å². The van der Waals surface area contributed by atoms with Gasteiger partial charge in [-0.25, -0.2) is 9.13 Å². The third-order valence-electron chi connectivity index (χ3n) is 5.95. The lowest BCUT2D eigenvalue weighted by Crippen LogP contribution is -2.36. The monoisotopic (exact) mass is 441 g/mol. The van der Waals surface area contributed by atoms with Crippen LogP contribution in [0.15, 0.2) is 55.1 Å². The Bertz CT molecular complexity index is 944. The van der Waals surface area contributed by atoms with Crippen molar-refractivity contribution in [3.8, 4) is 11.6 Å². The zero-order chi connectivity index (χ0) is 20.5. The van der Waals surface area contributed by atoms with E-state index in [2.05, 4.69) is 34.1 Å². The van der Waals surface area contributed by atoms with Gasteiger partial charge in [0.1, 0.15) is 10.0 Å². The number of hydrogen-bond acceptors (Lipinski definition) is 3. The maximum atomic E-state index is 6.51. The molecule has 0 radical (unpaired) electrons. The Morgan fingerprint density at radius 3 is 1.37 bits per heavy atom. The molecule has 5 rings (SSSR count). The van der Waals surface area contributed by atoms with Gasteiger partial charge in [-0.3, -0.25) is 0 Å². The Hall–Kier alpha value is -2.37. The van der Waals surface area contributed by atoms with Crippen LogP contribution in [0.1, 0.15) is 25.7 Å². The van der Waals surface area contributed by atoms with Gasteiger partial charge >= 0.3 is 11.6 Å². The minimum atomic E-state index is 0.525. The third-order valence-corrected chi connectivity index (χ3v) is 6.50. The van der Waals surface area contributed by atoms with Crippen molar-refractivity contribution in [3.05, 3.63) is 65.2 Å². The fourth-order valence-corrected chi connectivity index (χ4v) is 4.86. The Balaban J connectivity index is 1.45. The molecule has 0 spiro atoms. The molecule has 0 atom stereocenters. The van der Waals surface area contributed by atoms with Crippen LogP contribution in [0.2, 0.25) is 10.0 Å². The van der Waals surface area contributed by atoms with E-state index in [9.17, 15) is 0 Å². The summed E-state index contributed by atoms with van der Waals surface area (Å²) in [6, 6.07) is 10.2. The van der Waals surface area contributed by atoms with Gasteiger partial charge in [-0.2, -0.15) is 0 Å². The van der Waals surface area contributed by atoms with Crippen molar-refractivity contribution in [2.45, 2.75) is 25.7 Å². The average Bonchev–Trinajstić information content (AvgIpc) is 3.49. The van der Waals surface area contributed by atoms with Gasteiger partial charge in [0.25, 0.3) is 0 Å². The van der Waals surface area contributed by atoms with E-state index in [4.69, 9.17) is 28.2 Å². The van der Waals surface area contributed by atoms with Crippen LogP contribution in [0.3, 0.4) is 0 Å². The molecule has 0 amide bonds. The number of hydrogen-bond donors (Lipinski definition) is 0. The van der Waals surface area contributed by atoms with Crippen LogP contribution in [0.25, 0.3) is 11.6 Å². The van der Waals surface area contributed by atoms with Crippen LogP contribution >= 0.6 is 23.2 Å². The second kappa shape index (κ2) is 8.40. The average molecular weight is 442 g/mol. The SMILES string of the molecule is Clc1cc(Cl)c(-[n+]2ccc(N3CCCC3)cc2)nc1-[n+]1ccc(N2CCCC2)cc1. The lowest BCUT2D eigenvalue weighted by Gasteiger charge is -2.17. The summed E-state index contributed by atoms with van der Waals surface area (Å²) in [5.41, 5.74) is 2.47. The standard InChI is InChI=1S/C23H25Cl2N5/c24-20-17-21(25)23(30-15-7-19(8-16-30)28-11-3-4-12-28)26-22(20)29-13-5-18(6-14-29)27-9-1-2-10-27/h5-8,13-17H,1-4,9-12H2/q+2. The summed E-state index contributed by atoms with van der Waals surface area (Å²) in [5, 5.41) is 1.05. The summed E-state index contributed by atoms with van der Waals surface area (Å²) in [6.07, 6.45) is 13.1. The van der Waals surface area contributed by atoms with Crippen molar-refractivity contribution in [3.63, 3.8) is 0 Å². The zero-order valence-corrected chi connectivity index (χ0v) is 18.4. The maximum Gasteiger partial charge on any atom is 0.351 e. The molecule has 0 bridgehead atoms. The first-order chi connectivity index (χ1) is 14.7. The van der Waals surface area contributed by atoms with E-state index >= 15 is 0 Å². The molecule has 3 aromatic rings. The highest BCUT2D eigenvalue weighted by Crippen LogP contribution is 2.24. The molecule has 2 saturated heterocycles. The van der Waals surface area contributed by atoms with Gasteiger partial charge in [0.15, 0.2) is 0 Å². The molecule has 2 aliphatic heterocycles. The highest BCUT2D eigenvalue weighted by Gasteiger charge is 2.24. The van der Waals surface area contributed by atoms with Crippen molar-refractivity contribution >= 4 is 34.6 Å². The summed E-state index contributed by atoms with van der Waals surface area (Å²) in [5.74, 6) is 1.33.